The third-order valence-electron chi connectivity index (χ3n) is 10.9. The Morgan fingerprint density at radius 1 is 0.913 bits per heavy atom. The Kier molecular flexibility index (Phi) is 17.2. The van der Waals surface area contributed by atoms with Crippen LogP contribution >= 0.6 is 11.6 Å². The van der Waals surface area contributed by atoms with Crippen molar-refractivity contribution in [1.82, 2.24) is 35.5 Å². The number of allylic oxidation sites excluding steroid dienone is 1. The van der Waals surface area contributed by atoms with Crippen LogP contribution in [-0.2, 0) is 53.7 Å². The van der Waals surface area contributed by atoms with Crippen LogP contribution in [0, 0.1) is 6.92 Å². The van der Waals surface area contributed by atoms with Crippen molar-refractivity contribution in [3.8, 4) is 22.5 Å². The second-order valence-electron chi connectivity index (χ2n) is 16.2. The number of nitrogens with two attached hydrogens (primary N) is 1. The van der Waals surface area contributed by atoms with E-state index in [9.17, 15) is 24.3 Å². The van der Waals surface area contributed by atoms with Gasteiger partial charge in [-0.05, 0) is 74.6 Å². The van der Waals surface area contributed by atoms with Gasteiger partial charge in [-0.2, -0.15) is 5.21 Å². The fourth-order valence-electron chi connectivity index (χ4n) is 7.72. The molecule has 0 saturated carbocycles. The van der Waals surface area contributed by atoms with Crippen LogP contribution in [-0.4, -0.2) is 86.7 Å². The van der Waals surface area contributed by atoms with Crippen LogP contribution in [0.25, 0.3) is 22.5 Å². The van der Waals surface area contributed by atoms with E-state index >= 15 is 0 Å². The maximum absolute atomic E-state index is 13.5. The van der Waals surface area contributed by atoms with Crippen molar-refractivity contribution in [3.05, 3.63) is 151 Å². The number of benzene rings is 3. The summed E-state index contributed by atoms with van der Waals surface area (Å²) in [6.07, 6.45) is 1.37. The van der Waals surface area contributed by atoms with Crippen LogP contribution in [0.4, 0.5) is 0 Å². The molecule has 1 aliphatic rings. The number of aryl methyl sites for hydroxylation is 2. The fourth-order valence-corrected chi connectivity index (χ4v) is 7.96. The van der Waals surface area contributed by atoms with E-state index in [2.05, 4.69) is 30.9 Å². The van der Waals surface area contributed by atoms with Crippen molar-refractivity contribution in [3.63, 3.8) is 0 Å². The summed E-state index contributed by atoms with van der Waals surface area (Å²) in [5, 5.41) is 28.8. The number of halogens is 1. The number of methoxy groups -OCH3 is 1. The number of rotatable bonds is 18. The highest BCUT2D eigenvalue weighted by atomic mass is 35.5. The van der Waals surface area contributed by atoms with Gasteiger partial charge in [-0.25, -0.2) is 24.2 Å². The Morgan fingerprint density at radius 3 is 2.23 bits per heavy atom. The summed E-state index contributed by atoms with van der Waals surface area (Å²) < 4.78 is 32.9. The van der Waals surface area contributed by atoms with E-state index in [1.807, 2.05) is 55.5 Å². The van der Waals surface area contributed by atoms with Gasteiger partial charge in [-0.1, -0.05) is 85.3 Å². The van der Waals surface area contributed by atoms with Crippen LogP contribution in [0.2, 0.25) is 5.02 Å². The fraction of sp³-hybridized carbons (Fsp3) is 0.347. The minimum Gasteiger partial charge on any atom is -0.466 e. The molecule has 0 aliphatic carbocycles. The number of nitrogens with one attached hydrogen (secondary N) is 2. The number of imidazole rings is 1. The van der Waals surface area contributed by atoms with E-state index in [1.54, 1.807) is 63.5 Å². The zero-order valence-electron chi connectivity index (χ0n) is 39.4. The first kappa shape index (κ1) is 51.2. The monoisotopic (exact) mass is 966 g/mol. The lowest BCUT2D eigenvalue weighted by molar-refractivity contribution is -0.139. The van der Waals surface area contributed by atoms with Gasteiger partial charge in [0.05, 0.1) is 49.7 Å². The molecule has 1 aliphatic heterocycles. The number of dihydropyridines is 1. The van der Waals surface area contributed by atoms with Gasteiger partial charge in [0, 0.05) is 35.8 Å². The van der Waals surface area contributed by atoms with E-state index in [-0.39, 0.29) is 48.3 Å². The number of esters is 3. The molecule has 7 rings (SSSR count). The molecule has 3 aromatic heterocycles. The molecule has 0 spiro atoms. The Morgan fingerprint density at radius 2 is 1.62 bits per heavy atom. The molecule has 4 heterocycles. The lowest BCUT2D eigenvalue weighted by Gasteiger charge is -2.31. The zero-order chi connectivity index (χ0) is 49.8. The number of aromatic amines is 1. The van der Waals surface area contributed by atoms with Crippen molar-refractivity contribution in [2.24, 2.45) is 5.73 Å². The minimum absolute atomic E-state index is 0.109. The number of H-pyrrole nitrogens is 1. The van der Waals surface area contributed by atoms with E-state index in [4.69, 9.17) is 45.1 Å². The quantitative estimate of drug-likeness (QED) is 0.0410. The Hall–Kier alpha value is -7.19. The Bertz CT molecular complexity index is 2870. The third-order valence-corrected chi connectivity index (χ3v) is 11.2. The summed E-state index contributed by atoms with van der Waals surface area (Å²) >= 11 is 6.42. The van der Waals surface area contributed by atoms with Gasteiger partial charge in [0.15, 0.2) is 23.8 Å². The first-order valence-corrected chi connectivity index (χ1v) is 22.5. The number of ether oxygens (including phenoxy) is 4. The normalized spacial score (nSPS) is 13.7. The standard InChI is InChI=1S/C29H30N6O6.C20H25ClN2O5/c1-5-8-23-30-25(29(3,4)38)24(27(36)39-16-22-17(2)40-28(37)41-22)35(23)15-18-11-13-19(14-12-18)20-9-6-7-10-21(20)26-31-33-34-32-26;1-4-28-20(25)18-15(11-27-10-9-22)23-12(2)16(19(24)26-3)17(18)13-7-5-6-8-14(13)21/h6-7,9-14,38H,5,8,15-16H2,1-4H3,(H,31,32,33,34);5-8,17,23H,4,9-11,22H2,1-3H3. The van der Waals surface area contributed by atoms with E-state index in [0.29, 0.717) is 65.3 Å². The number of hydrogen-bond donors (Lipinski definition) is 4. The van der Waals surface area contributed by atoms with Crippen molar-refractivity contribution < 1.29 is 47.3 Å². The van der Waals surface area contributed by atoms with Gasteiger partial charge < -0.3 is 48.5 Å². The predicted molar refractivity (Wildman–Crippen MR) is 252 cm³/mol. The highest BCUT2D eigenvalue weighted by molar-refractivity contribution is 6.31. The maximum Gasteiger partial charge on any atom is 0.519 e. The second kappa shape index (κ2) is 23.2. The number of tetrazole rings is 1. The molecule has 0 saturated heterocycles. The Labute approximate surface area is 402 Å². The minimum atomic E-state index is -1.41. The molecule has 364 valence electrons. The first-order valence-electron chi connectivity index (χ1n) is 22.1. The average Bonchev–Trinajstić information content (AvgIpc) is 4.08. The highest BCUT2D eigenvalue weighted by Crippen LogP contribution is 2.42. The van der Waals surface area contributed by atoms with Gasteiger partial charge in [-0.3, -0.25) is 0 Å². The van der Waals surface area contributed by atoms with Gasteiger partial charge in [0.25, 0.3) is 0 Å². The summed E-state index contributed by atoms with van der Waals surface area (Å²) in [6, 6.07) is 22.8. The molecule has 0 fully saturated rings. The average molecular weight is 967 g/mol. The summed E-state index contributed by atoms with van der Waals surface area (Å²) in [4.78, 5) is 55.0. The van der Waals surface area contributed by atoms with Crippen LogP contribution in [0.5, 0.6) is 0 Å². The maximum atomic E-state index is 13.5. The number of carbonyl (C=O) groups excluding carboxylic acids is 3. The van der Waals surface area contributed by atoms with Crippen molar-refractivity contribution in [2.75, 3.05) is 33.5 Å². The zero-order valence-corrected chi connectivity index (χ0v) is 40.1. The number of hydrogen-bond acceptors (Lipinski definition) is 17. The second-order valence-corrected chi connectivity index (χ2v) is 16.6. The molecule has 0 bridgehead atoms. The molecule has 0 amide bonds. The molecule has 0 radical (unpaired) electrons. The van der Waals surface area contributed by atoms with Gasteiger partial charge in [0.2, 0.25) is 5.82 Å². The SMILES string of the molecule is CCCc1nc(C(C)(C)O)c(C(=O)OCc2oc(=O)oc2C)n1Cc1ccc(-c2ccccc2-c2nn[nH]n2)cc1.CCOC(=O)C1=C(COCCN)NC(C)=C(C(=O)OC)C1c1ccccc1Cl. The molecule has 19 nitrogen and oxygen atoms in total. The van der Waals surface area contributed by atoms with Gasteiger partial charge in [0.1, 0.15) is 17.1 Å². The molecule has 6 aromatic rings. The van der Waals surface area contributed by atoms with Gasteiger partial charge >= 0.3 is 23.7 Å². The van der Waals surface area contributed by atoms with Gasteiger partial charge in [-0.15, -0.1) is 10.2 Å². The molecular weight excluding hydrogens is 912 g/mol. The van der Waals surface area contributed by atoms with Crippen LogP contribution in [0.3, 0.4) is 0 Å². The van der Waals surface area contributed by atoms with E-state index < -0.39 is 35.2 Å². The summed E-state index contributed by atoms with van der Waals surface area (Å²) in [5.41, 5.74) is 10.3. The van der Waals surface area contributed by atoms with Crippen LogP contribution < -0.4 is 16.9 Å². The highest BCUT2D eigenvalue weighted by Gasteiger charge is 2.40. The lowest BCUT2D eigenvalue weighted by Crippen LogP contribution is -2.35. The Balaban J connectivity index is 0.000000245. The summed E-state index contributed by atoms with van der Waals surface area (Å²) in [6.45, 7) is 11.1. The van der Waals surface area contributed by atoms with Crippen LogP contribution in [0.1, 0.15) is 91.6 Å². The largest absolute Gasteiger partial charge is 0.519 e. The smallest absolute Gasteiger partial charge is 0.466 e. The molecule has 3 aromatic carbocycles. The predicted octanol–water partition coefficient (Wildman–Crippen LogP) is 6.44. The molecular formula is C49H55ClN8O11. The summed E-state index contributed by atoms with van der Waals surface area (Å²) in [7, 11) is 1.29. The third kappa shape index (κ3) is 12.1. The molecule has 5 N–H and O–H groups in total. The van der Waals surface area contributed by atoms with E-state index in [0.717, 1.165) is 28.7 Å². The molecule has 1 atom stereocenters. The van der Waals surface area contributed by atoms with Crippen molar-refractivity contribution in [2.45, 2.75) is 79.1 Å². The molecule has 20 heteroatoms. The number of carbonyl (C=O) groups is 3. The molecule has 69 heavy (non-hydrogen) atoms. The number of aliphatic hydroxyl groups is 1. The number of aromatic nitrogens is 6. The number of nitrogens with zero attached hydrogens (tertiary/aromatic N) is 5. The van der Waals surface area contributed by atoms with E-state index in [1.165, 1.54) is 7.11 Å². The first-order chi connectivity index (χ1) is 33.1. The van der Waals surface area contributed by atoms with Crippen molar-refractivity contribution in [1.29, 1.82) is 0 Å². The van der Waals surface area contributed by atoms with Crippen molar-refractivity contribution >= 4 is 29.5 Å². The van der Waals surface area contributed by atoms with Crippen LogP contribution in [0.15, 0.2) is 109 Å². The molecule has 1 unspecified atom stereocenters. The topological polar surface area (TPSA) is 262 Å². The lowest BCUT2D eigenvalue weighted by atomic mass is 9.80. The summed E-state index contributed by atoms with van der Waals surface area (Å²) in [5.74, 6) is -1.95.